The second-order valence-corrected chi connectivity index (χ2v) is 5.07. The van der Waals surface area contributed by atoms with Gasteiger partial charge in [0.25, 0.3) is 5.56 Å². The monoisotopic (exact) mass is 281 g/mol. The third kappa shape index (κ3) is 3.17. The Hall–Kier alpha value is -1.86. The Balaban J connectivity index is 1.93. The van der Waals surface area contributed by atoms with Gasteiger partial charge in [-0.1, -0.05) is 0 Å². The molecule has 2 unspecified atom stereocenters. The summed E-state index contributed by atoms with van der Waals surface area (Å²) in [4.78, 5) is 23.4. The van der Waals surface area contributed by atoms with Crippen molar-refractivity contribution in [3.63, 3.8) is 0 Å². The summed E-state index contributed by atoms with van der Waals surface area (Å²) in [6.07, 6.45) is 1.57. The maximum atomic E-state index is 11.8. The normalized spacial score (nSPS) is 25.6. The van der Waals surface area contributed by atoms with E-state index in [9.17, 15) is 14.7 Å². The third-order valence-electron chi connectivity index (χ3n) is 3.57. The van der Waals surface area contributed by atoms with E-state index in [2.05, 4.69) is 5.32 Å². The molecule has 4 N–H and O–H groups in total. The molecule has 1 saturated heterocycles. The first-order chi connectivity index (χ1) is 9.40. The van der Waals surface area contributed by atoms with Crippen LogP contribution in [0.2, 0.25) is 0 Å². The maximum Gasteiger partial charge on any atom is 0.251 e. The number of carbonyl (C=O) groups excluding carboxylic acids is 1. The van der Waals surface area contributed by atoms with Crippen LogP contribution in [-0.4, -0.2) is 40.4 Å². The van der Waals surface area contributed by atoms with Gasteiger partial charge in [0.15, 0.2) is 0 Å². The Labute approximate surface area is 116 Å². The molecule has 0 bridgehead atoms. The van der Waals surface area contributed by atoms with Crippen LogP contribution in [0.1, 0.15) is 13.3 Å². The van der Waals surface area contributed by atoms with Crippen LogP contribution in [0.15, 0.2) is 23.1 Å². The summed E-state index contributed by atoms with van der Waals surface area (Å²) in [5, 5.41) is 12.9. The maximum absolute atomic E-state index is 11.8. The van der Waals surface area contributed by atoms with Crippen LogP contribution in [-0.2, 0) is 16.1 Å². The SMILES string of the molecule is CC1OCCC1(O)CNC(=O)Cn1cc(N)ccc1=O. The van der Waals surface area contributed by atoms with E-state index >= 15 is 0 Å². The first-order valence-corrected chi connectivity index (χ1v) is 6.47. The summed E-state index contributed by atoms with van der Waals surface area (Å²) in [6, 6.07) is 2.79. The van der Waals surface area contributed by atoms with Gasteiger partial charge in [0.05, 0.1) is 6.10 Å². The molecule has 1 aromatic heterocycles. The minimum Gasteiger partial charge on any atom is -0.398 e. The molecule has 0 aromatic carbocycles. The predicted molar refractivity (Wildman–Crippen MR) is 73.1 cm³/mol. The van der Waals surface area contributed by atoms with Crippen molar-refractivity contribution in [1.29, 1.82) is 0 Å². The van der Waals surface area contributed by atoms with Gasteiger partial charge in [0.2, 0.25) is 5.91 Å². The van der Waals surface area contributed by atoms with Crippen molar-refractivity contribution < 1.29 is 14.6 Å². The molecular weight excluding hydrogens is 262 g/mol. The molecule has 2 heterocycles. The van der Waals surface area contributed by atoms with Gasteiger partial charge in [-0.25, -0.2) is 0 Å². The first-order valence-electron chi connectivity index (χ1n) is 6.47. The van der Waals surface area contributed by atoms with Crippen LogP contribution in [0, 0.1) is 0 Å². The minimum absolute atomic E-state index is 0.101. The molecule has 1 amide bonds. The fraction of sp³-hybridized carbons (Fsp3) is 0.538. The Morgan fingerprint density at radius 1 is 1.65 bits per heavy atom. The second kappa shape index (κ2) is 5.64. The number of carbonyl (C=O) groups is 1. The highest BCUT2D eigenvalue weighted by Crippen LogP contribution is 2.24. The third-order valence-corrected chi connectivity index (χ3v) is 3.57. The average Bonchev–Trinajstić information content (AvgIpc) is 2.72. The highest BCUT2D eigenvalue weighted by molar-refractivity contribution is 5.75. The van der Waals surface area contributed by atoms with Crippen molar-refractivity contribution in [2.24, 2.45) is 0 Å². The largest absolute Gasteiger partial charge is 0.398 e. The molecule has 20 heavy (non-hydrogen) atoms. The number of ether oxygens (including phenoxy) is 1. The van der Waals surface area contributed by atoms with E-state index in [1.807, 2.05) is 0 Å². The number of nitrogen functional groups attached to an aromatic ring is 1. The molecule has 2 rings (SSSR count). The van der Waals surface area contributed by atoms with Crippen LogP contribution in [0.25, 0.3) is 0 Å². The molecule has 0 radical (unpaired) electrons. The Kier molecular flexibility index (Phi) is 4.10. The summed E-state index contributed by atoms with van der Waals surface area (Å²) in [5.74, 6) is -0.356. The van der Waals surface area contributed by atoms with Gasteiger partial charge < -0.3 is 25.5 Å². The lowest BCUT2D eigenvalue weighted by Gasteiger charge is -2.26. The fourth-order valence-corrected chi connectivity index (χ4v) is 2.14. The highest BCUT2D eigenvalue weighted by Gasteiger charge is 2.39. The lowest BCUT2D eigenvalue weighted by molar-refractivity contribution is -0.123. The van der Waals surface area contributed by atoms with Crippen molar-refractivity contribution in [2.45, 2.75) is 31.6 Å². The van der Waals surface area contributed by atoms with E-state index in [0.717, 1.165) is 0 Å². The lowest BCUT2D eigenvalue weighted by Crippen LogP contribution is -2.48. The van der Waals surface area contributed by atoms with Crippen LogP contribution in [0.3, 0.4) is 0 Å². The highest BCUT2D eigenvalue weighted by atomic mass is 16.5. The average molecular weight is 281 g/mol. The number of nitrogens with zero attached hydrogens (tertiary/aromatic N) is 1. The second-order valence-electron chi connectivity index (χ2n) is 5.07. The standard InChI is InChI=1S/C13H19N3O4/c1-9-13(19,4-5-20-9)8-15-11(17)7-16-6-10(14)2-3-12(16)18/h2-3,6,9,19H,4-5,7-8,14H2,1H3,(H,15,17). The number of nitrogens with one attached hydrogen (secondary N) is 1. The number of pyridine rings is 1. The number of hydrogen-bond acceptors (Lipinski definition) is 5. The number of anilines is 1. The minimum atomic E-state index is -1.05. The van der Waals surface area contributed by atoms with Crippen molar-refractivity contribution >= 4 is 11.6 Å². The summed E-state index contributed by atoms with van der Waals surface area (Å²) < 4.78 is 6.51. The fourth-order valence-electron chi connectivity index (χ4n) is 2.14. The molecule has 1 aliphatic heterocycles. The first kappa shape index (κ1) is 14.5. The molecule has 1 fully saturated rings. The van der Waals surface area contributed by atoms with Crippen LogP contribution in [0.4, 0.5) is 5.69 Å². The van der Waals surface area contributed by atoms with Crippen LogP contribution >= 0.6 is 0 Å². The van der Waals surface area contributed by atoms with Gasteiger partial charge in [0.1, 0.15) is 12.1 Å². The molecule has 0 saturated carbocycles. The molecular formula is C13H19N3O4. The zero-order valence-corrected chi connectivity index (χ0v) is 11.3. The molecule has 1 aliphatic rings. The van der Waals surface area contributed by atoms with Crippen molar-refractivity contribution in [1.82, 2.24) is 9.88 Å². The topological polar surface area (TPSA) is 107 Å². The van der Waals surface area contributed by atoms with Gasteiger partial charge in [-0.2, -0.15) is 0 Å². The Bertz CT molecular complexity index is 557. The van der Waals surface area contributed by atoms with Crippen molar-refractivity contribution in [3.8, 4) is 0 Å². The Morgan fingerprint density at radius 3 is 3.05 bits per heavy atom. The summed E-state index contributed by atoms with van der Waals surface area (Å²) in [5.41, 5.74) is 4.63. The Morgan fingerprint density at radius 2 is 2.40 bits per heavy atom. The van der Waals surface area contributed by atoms with Crippen LogP contribution < -0.4 is 16.6 Å². The van der Waals surface area contributed by atoms with E-state index in [4.69, 9.17) is 10.5 Å². The number of hydrogen-bond donors (Lipinski definition) is 3. The van der Waals surface area contributed by atoms with Gasteiger partial charge >= 0.3 is 0 Å². The molecule has 7 heteroatoms. The number of aliphatic hydroxyl groups is 1. The zero-order valence-electron chi connectivity index (χ0n) is 11.3. The van der Waals surface area contributed by atoms with Crippen molar-refractivity contribution in [2.75, 3.05) is 18.9 Å². The number of nitrogens with two attached hydrogens (primary N) is 1. The van der Waals surface area contributed by atoms with Crippen molar-refractivity contribution in [3.05, 3.63) is 28.7 Å². The van der Waals surface area contributed by atoms with E-state index < -0.39 is 5.60 Å². The molecule has 1 aromatic rings. The lowest BCUT2D eigenvalue weighted by atomic mass is 9.97. The summed E-state index contributed by atoms with van der Waals surface area (Å²) >= 11 is 0. The van der Waals surface area contributed by atoms with Gasteiger partial charge in [-0.3, -0.25) is 9.59 Å². The number of amides is 1. The molecule has 0 aliphatic carbocycles. The number of aromatic nitrogens is 1. The van der Waals surface area contributed by atoms with E-state index in [0.29, 0.717) is 18.7 Å². The quantitative estimate of drug-likeness (QED) is 0.662. The molecule has 0 spiro atoms. The zero-order chi connectivity index (χ0) is 14.8. The molecule has 110 valence electrons. The van der Waals surface area contributed by atoms with Gasteiger partial charge in [0, 0.05) is 37.5 Å². The van der Waals surface area contributed by atoms with Crippen LogP contribution in [0.5, 0.6) is 0 Å². The smallest absolute Gasteiger partial charge is 0.251 e. The van der Waals surface area contributed by atoms with Gasteiger partial charge in [-0.05, 0) is 13.0 Å². The summed E-state index contributed by atoms with van der Waals surface area (Å²) in [6.45, 7) is 2.21. The van der Waals surface area contributed by atoms with E-state index in [1.165, 1.54) is 22.9 Å². The van der Waals surface area contributed by atoms with E-state index in [1.54, 1.807) is 6.92 Å². The molecule has 2 atom stereocenters. The van der Waals surface area contributed by atoms with Gasteiger partial charge in [-0.15, -0.1) is 0 Å². The summed E-state index contributed by atoms with van der Waals surface area (Å²) in [7, 11) is 0. The van der Waals surface area contributed by atoms with E-state index in [-0.39, 0.29) is 30.7 Å². The predicted octanol–water partition coefficient (Wildman–Crippen LogP) is -0.913. The molecule has 7 nitrogen and oxygen atoms in total. The number of rotatable bonds is 4.